The third-order valence-corrected chi connectivity index (χ3v) is 4.63. The van der Waals surface area contributed by atoms with Crippen molar-refractivity contribution in [2.75, 3.05) is 0 Å². The van der Waals surface area contributed by atoms with Gasteiger partial charge in [-0.05, 0) is 29.9 Å². The van der Waals surface area contributed by atoms with Crippen LogP contribution in [0.1, 0.15) is 50.2 Å². The number of nitrogens with one attached hydrogen (secondary N) is 1. The van der Waals surface area contributed by atoms with E-state index in [-0.39, 0.29) is 10.9 Å². The van der Waals surface area contributed by atoms with Gasteiger partial charge in [0, 0.05) is 11.6 Å². The van der Waals surface area contributed by atoms with E-state index < -0.39 is 11.7 Å². The molecular formula is C16H18F3N. The van der Waals surface area contributed by atoms with Crippen LogP contribution in [0.5, 0.6) is 0 Å². The number of aromatic amines is 1. The molecule has 0 bridgehead atoms. The molecule has 4 heteroatoms. The zero-order chi connectivity index (χ0) is 14.4. The quantitative estimate of drug-likeness (QED) is 0.719. The van der Waals surface area contributed by atoms with Crippen LogP contribution < -0.4 is 0 Å². The van der Waals surface area contributed by atoms with Gasteiger partial charge in [-0.1, -0.05) is 38.3 Å². The van der Waals surface area contributed by atoms with Crippen LogP contribution in [0.3, 0.4) is 0 Å². The van der Waals surface area contributed by atoms with E-state index in [0.717, 1.165) is 42.7 Å². The van der Waals surface area contributed by atoms with E-state index in [1.165, 1.54) is 12.5 Å². The average molecular weight is 281 g/mol. The summed E-state index contributed by atoms with van der Waals surface area (Å²) in [6.07, 6.45) is 3.11. The molecule has 108 valence electrons. The summed E-state index contributed by atoms with van der Waals surface area (Å²) < 4.78 is 39.1. The molecule has 0 atom stereocenters. The van der Waals surface area contributed by atoms with E-state index in [1.807, 2.05) is 0 Å². The first-order chi connectivity index (χ1) is 9.42. The molecule has 20 heavy (non-hydrogen) atoms. The predicted octanol–water partition coefficient (Wildman–Crippen LogP) is 5.41. The molecule has 1 nitrogen and oxygen atoms in total. The first-order valence-corrected chi connectivity index (χ1v) is 7.10. The molecule has 1 aliphatic carbocycles. The molecule has 0 spiro atoms. The Bertz CT molecular complexity index is 618. The molecule has 0 amide bonds. The fourth-order valence-electron chi connectivity index (χ4n) is 3.49. The molecule has 1 N–H and O–H groups in total. The molecule has 2 aromatic rings. The van der Waals surface area contributed by atoms with Gasteiger partial charge in [0.05, 0.1) is 11.1 Å². The van der Waals surface area contributed by atoms with E-state index in [1.54, 1.807) is 12.3 Å². The maximum absolute atomic E-state index is 13.0. The van der Waals surface area contributed by atoms with Crippen LogP contribution in [0, 0.1) is 0 Å². The molecule has 0 aliphatic heterocycles. The zero-order valence-corrected chi connectivity index (χ0v) is 11.5. The Morgan fingerprint density at radius 2 is 1.80 bits per heavy atom. The highest BCUT2D eigenvalue weighted by molar-refractivity contribution is 5.87. The molecule has 1 heterocycles. The summed E-state index contributed by atoms with van der Waals surface area (Å²) in [4.78, 5) is 2.87. The van der Waals surface area contributed by atoms with Crippen molar-refractivity contribution in [3.8, 4) is 0 Å². The standard InChI is InChI=1S/C16H18F3N/c1-15(8-3-2-4-9-15)13-10-20-14-11(13)6-5-7-12(14)16(17,18)19/h5-7,10,20H,2-4,8-9H2,1H3. The number of alkyl halides is 3. The first-order valence-electron chi connectivity index (χ1n) is 7.10. The molecule has 0 saturated heterocycles. The minimum absolute atomic E-state index is 0.000716. The summed E-state index contributed by atoms with van der Waals surface area (Å²) >= 11 is 0. The molecule has 1 aromatic carbocycles. The summed E-state index contributed by atoms with van der Waals surface area (Å²) in [5.74, 6) is 0. The monoisotopic (exact) mass is 281 g/mol. The van der Waals surface area contributed by atoms with E-state index in [2.05, 4.69) is 11.9 Å². The van der Waals surface area contributed by atoms with Crippen molar-refractivity contribution in [3.63, 3.8) is 0 Å². The van der Waals surface area contributed by atoms with Crippen LogP contribution >= 0.6 is 0 Å². The molecule has 1 aromatic heterocycles. The number of hydrogen-bond acceptors (Lipinski definition) is 0. The minimum atomic E-state index is -4.31. The van der Waals surface area contributed by atoms with Crippen LogP contribution in [0.2, 0.25) is 0 Å². The third kappa shape index (κ3) is 2.11. The van der Waals surface area contributed by atoms with Crippen LogP contribution in [-0.4, -0.2) is 4.98 Å². The van der Waals surface area contributed by atoms with E-state index in [4.69, 9.17) is 0 Å². The number of halogens is 3. The highest BCUT2D eigenvalue weighted by atomic mass is 19.4. The smallest absolute Gasteiger partial charge is 0.360 e. The van der Waals surface area contributed by atoms with Gasteiger partial charge in [0.15, 0.2) is 0 Å². The molecule has 1 aliphatic rings. The van der Waals surface area contributed by atoms with Crippen LogP contribution in [0.15, 0.2) is 24.4 Å². The lowest BCUT2D eigenvalue weighted by Crippen LogP contribution is -2.24. The second-order valence-electron chi connectivity index (χ2n) is 6.05. The number of benzene rings is 1. The molecule has 1 fully saturated rings. The molecule has 3 rings (SSSR count). The van der Waals surface area contributed by atoms with Crippen molar-refractivity contribution in [2.45, 2.75) is 50.6 Å². The highest BCUT2D eigenvalue weighted by Crippen LogP contribution is 2.43. The van der Waals surface area contributed by atoms with Crippen LogP contribution in [0.4, 0.5) is 13.2 Å². The van der Waals surface area contributed by atoms with Crippen LogP contribution in [-0.2, 0) is 11.6 Å². The average Bonchev–Trinajstić information content (AvgIpc) is 2.82. The maximum atomic E-state index is 13.0. The van der Waals surface area contributed by atoms with Crippen molar-refractivity contribution >= 4 is 10.9 Å². The van der Waals surface area contributed by atoms with Gasteiger partial charge >= 0.3 is 6.18 Å². The molecular weight excluding hydrogens is 263 g/mol. The summed E-state index contributed by atoms with van der Waals surface area (Å²) in [5, 5.41) is 0.726. The summed E-state index contributed by atoms with van der Waals surface area (Å²) in [6.45, 7) is 2.18. The van der Waals surface area contributed by atoms with Gasteiger partial charge < -0.3 is 4.98 Å². The van der Waals surface area contributed by atoms with Gasteiger partial charge in [0.2, 0.25) is 0 Å². The maximum Gasteiger partial charge on any atom is 0.418 e. The lowest BCUT2D eigenvalue weighted by atomic mass is 9.71. The largest absolute Gasteiger partial charge is 0.418 e. The van der Waals surface area contributed by atoms with Gasteiger partial charge in [-0.2, -0.15) is 13.2 Å². The van der Waals surface area contributed by atoms with Crippen molar-refractivity contribution in [3.05, 3.63) is 35.5 Å². The lowest BCUT2D eigenvalue weighted by molar-refractivity contribution is -0.136. The number of H-pyrrole nitrogens is 1. The zero-order valence-electron chi connectivity index (χ0n) is 11.5. The Morgan fingerprint density at radius 1 is 1.10 bits per heavy atom. The van der Waals surface area contributed by atoms with E-state index in [0.29, 0.717) is 0 Å². The Kier molecular flexibility index (Phi) is 3.07. The Hall–Kier alpha value is -1.45. The predicted molar refractivity (Wildman–Crippen MR) is 73.7 cm³/mol. The highest BCUT2D eigenvalue weighted by Gasteiger charge is 2.36. The van der Waals surface area contributed by atoms with Gasteiger partial charge in [-0.15, -0.1) is 0 Å². The van der Waals surface area contributed by atoms with Crippen LogP contribution in [0.25, 0.3) is 10.9 Å². The normalized spacial score (nSPS) is 19.4. The molecule has 1 saturated carbocycles. The Balaban J connectivity index is 2.15. The number of fused-ring (bicyclic) bond motifs is 1. The van der Waals surface area contributed by atoms with E-state index >= 15 is 0 Å². The molecule has 0 unspecified atom stereocenters. The Labute approximate surface area is 116 Å². The topological polar surface area (TPSA) is 15.8 Å². The number of hydrogen-bond donors (Lipinski definition) is 1. The second-order valence-corrected chi connectivity index (χ2v) is 6.05. The summed E-state index contributed by atoms with van der Waals surface area (Å²) in [6, 6.07) is 4.46. The number of rotatable bonds is 1. The Morgan fingerprint density at radius 3 is 2.45 bits per heavy atom. The number of para-hydroxylation sites is 1. The fraction of sp³-hybridized carbons (Fsp3) is 0.500. The van der Waals surface area contributed by atoms with Gasteiger partial charge in [0.25, 0.3) is 0 Å². The first kappa shape index (κ1) is 13.5. The van der Waals surface area contributed by atoms with E-state index in [9.17, 15) is 13.2 Å². The van der Waals surface area contributed by atoms with Crippen molar-refractivity contribution in [1.29, 1.82) is 0 Å². The van der Waals surface area contributed by atoms with Gasteiger partial charge in [0.1, 0.15) is 0 Å². The fourth-order valence-corrected chi connectivity index (χ4v) is 3.49. The van der Waals surface area contributed by atoms with Crippen molar-refractivity contribution < 1.29 is 13.2 Å². The third-order valence-electron chi connectivity index (χ3n) is 4.63. The lowest BCUT2D eigenvalue weighted by Gasteiger charge is -2.33. The van der Waals surface area contributed by atoms with Crippen molar-refractivity contribution in [2.24, 2.45) is 0 Å². The summed E-state index contributed by atoms with van der Waals surface area (Å²) in [7, 11) is 0. The molecule has 0 radical (unpaired) electrons. The van der Waals surface area contributed by atoms with Crippen molar-refractivity contribution in [1.82, 2.24) is 4.98 Å². The minimum Gasteiger partial charge on any atom is -0.360 e. The number of aromatic nitrogens is 1. The summed E-state index contributed by atoms with van der Waals surface area (Å²) in [5.41, 5.74) is 0.696. The SMILES string of the molecule is CC1(c2c[nH]c3c(C(F)(F)F)cccc23)CCCCC1. The second kappa shape index (κ2) is 4.54. The van der Waals surface area contributed by atoms with Gasteiger partial charge in [-0.25, -0.2) is 0 Å². The van der Waals surface area contributed by atoms with Gasteiger partial charge in [-0.3, -0.25) is 0 Å².